The molecule has 4 heteroatoms. The van der Waals surface area contributed by atoms with E-state index in [-0.39, 0.29) is 5.56 Å². The molecule has 118 valence electrons. The molecule has 3 heterocycles. The predicted octanol–water partition coefficient (Wildman–Crippen LogP) is 4.80. The van der Waals surface area contributed by atoms with Crippen LogP contribution in [0.15, 0.2) is 65.5 Å². The largest absolute Gasteiger partial charge is 0.354 e. The summed E-state index contributed by atoms with van der Waals surface area (Å²) in [4.78, 5) is 22.6. The summed E-state index contributed by atoms with van der Waals surface area (Å²) in [5.74, 6) is 0. The number of para-hydroxylation sites is 2. The van der Waals surface area contributed by atoms with E-state index in [0.717, 1.165) is 49.1 Å². The van der Waals surface area contributed by atoms with E-state index in [0.29, 0.717) is 0 Å². The van der Waals surface area contributed by atoms with E-state index in [1.165, 1.54) is 5.39 Å². The molecule has 3 aromatic heterocycles. The Morgan fingerprint density at radius 1 is 0.560 bits per heavy atom. The van der Waals surface area contributed by atoms with Gasteiger partial charge in [0.2, 0.25) is 0 Å². The first kappa shape index (κ1) is 12.8. The molecule has 0 saturated carbocycles. The molecule has 0 aliphatic carbocycles. The first-order valence-electron chi connectivity index (χ1n) is 8.26. The fourth-order valence-electron chi connectivity index (χ4n) is 3.97. The van der Waals surface area contributed by atoms with Crippen LogP contribution in [0.25, 0.3) is 54.5 Å². The number of aromatic amines is 3. The molecule has 4 nitrogen and oxygen atoms in total. The van der Waals surface area contributed by atoms with E-state index < -0.39 is 0 Å². The van der Waals surface area contributed by atoms with Crippen LogP contribution in [-0.2, 0) is 0 Å². The lowest BCUT2D eigenvalue weighted by Crippen LogP contribution is -2.05. The molecule has 25 heavy (non-hydrogen) atoms. The van der Waals surface area contributed by atoms with E-state index in [2.05, 4.69) is 39.2 Å². The summed E-state index contributed by atoms with van der Waals surface area (Å²) < 4.78 is 0. The molecule has 3 aromatic carbocycles. The van der Waals surface area contributed by atoms with Gasteiger partial charge < -0.3 is 15.0 Å². The van der Waals surface area contributed by atoms with Gasteiger partial charge in [0.25, 0.3) is 5.56 Å². The lowest BCUT2D eigenvalue weighted by atomic mass is 10.1. The monoisotopic (exact) mass is 323 g/mol. The SMILES string of the molecule is O=c1[nH]c2ccccc2c2[nH]c3cc4[nH]c5ccccc5c4cc3c12. The van der Waals surface area contributed by atoms with Gasteiger partial charge in [-0.25, -0.2) is 0 Å². The normalized spacial score (nSPS) is 12.2. The van der Waals surface area contributed by atoms with E-state index in [1.54, 1.807) is 0 Å². The molecule has 0 aliphatic rings. The van der Waals surface area contributed by atoms with E-state index in [9.17, 15) is 4.79 Å². The number of fused-ring (bicyclic) bond motifs is 8. The smallest absolute Gasteiger partial charge is 0.258 e. The summed E-state index contributed by atoms with van der Waals surface area (Å²) >= 11 is 0. The van der Waals surface area contributed by atoms with Crippen molar-refractivity contribution < 1.29 is 0 Å². The highest BCUT2D eigenvalue weighted by molar-refractivity contribution is 6.20. The second-order valence-electron chi connectivity index (χ2n) is 6.49. The maximum absolute atomic E-state index is 12.7. The van der Waals surface area contributed by atoms with Crippen molar-refractivity contribution in [2.75, 3.05) is 0 Å². The van der Waals surface area contributed by atoms with Crippen LogP contribution in [0.1, 0.15) is 0 Å². The van der Waals surface area contributed by atoms with Gasteiger partial charge in [-0.15, -0.1) is 0 Å². The van der Waals surface area contributed by atoms with E-state index in [1.807, 2.05) is 36.4 Å². The van der Waals surface area contributed by atoms with Gasteiger partial charge in [0.15, 0.2) is 0 Å². The highest BCUT2D eigenvalue weighted by Gasteiger charge is 2.14. The lowest BCUT2D eigenvalue weighted by Gasteiger charge is -1.98. The molecule has 0 radical (unpaired) electrons. The van der Waals surface area contributed by atoms with Gasteiger partial charge in [-0.2, -0.15) is 0 Å². The number of benzene rings is 3. The van der Waals surface area contributed by atoms with Crippen LogP contribution in [0, 0.1) is 0 Å². The van der Waals surface area contributed by atoms with Crippen molar-refractivity contribution in [1.29, 1.82) is 0 Å². The van der Waals surface area contributed by atoms with Crippen molar-refractivity contribution >= 4 is 54.5 Å². The molecule has 6 aromatic rings. The highest BCUT2D eigenvalue weighted by atomic mass is 16.1. The molecule has 0 atom stereocenters. The molecule has 3 N–H and O–H groups in total. The third kappa shape index (κ3) is 1.58. The minimum Gasteiger partial charge on any atom is -0.354 e. The fourth-order valence-corrected chi connectivity index (χ4v) is 3.97. The summed E-state index contributed by atoms with van der Waals surface area (Å²) in [6.07, 6.45) is 0. The Hall–Kier alpha value is -3.53. The number of H-pyrrole nitrogens is 3. The lowest BCUT2D eigenvalue weighted by molar-refractivity contribution is 1.35. The van der Waals surface area contributed by atoms with Crippen LogP contribution >= 0.6 is 0 Å². The Labute approximate surface area is 141 Å². The zero-order valence-electron chi connectivity index (χ0n) is 13.2. The molecule has 6 rings (SSSR count). The second-order valence-corrected chi connectivity index (χ2v) is 6.49. The zero-order chi connectivity index (χ0) is 16.5. The molecule has 0 aliphatic heterocycles. The third-order valence-electron chi connectivity index (χ3n) is 5.09. The first-order chi connectivity index (χ1) is 12.3. The predicted molar refractivity (Wildman–Crippen MR) is 103 cm³/mol. The number of hydrogen-bond donors (Lipinski definition) is 3. The third-order valence-corrected chi connectivity index (χ3v) is 5.09. The molecule has 0 spiro atoms. The van der Waals surface area contributed by atoms with Crippen LogP contribution in [0.3, 0.4) is 0 Å². The van der Waals surface area contributed by atoms with Crippen molar-refractivity contribution in [2.45, 2.75) is 0 Å². The maximum atomic E-state index is 12.7. The zero-order valence-corrected chi connectivity index (χ0v) is 13.2. The summed E-state index contributed by atoms with van der Waals surface area (Å²) in [7, 11) is 0. The van der Waals surface area contributed by atoms with Gasteiger partial charge in [0, 0.05) is 38.1 Å². The molecular weight excluding hydrogens is 310 g/mol. The number of hydrogen-bond acceptors (Lipinski definition) is 1. The molecule has 0 bridgehead atoms. The molecule has 0 saturated heterocycles. The number of nitrogens with one attached hydrogen (secondary N) is 3. The van der Waals surface area contributed by atoms with Gasteiger partial charge in [-0.1, -0.05) is 36.4 Å². The Kier molecular flexibility index (Phi) is 2.21. The van der Waals surface area contributed by atoms with Crippen molar-refractivity contribution in [3.05, 3.63) is 71.0 Å². The topological polar surface area (TPSA) is 64.4 Å². The average molecular weight is 323 g/mol. The summed E-state index contributed by atoms with van der Waals surface area (Å²) in [6.45, 7) is 0. The number of rotatable bonds is 0. The van der Waals surface area contributed by atoms with Crippen LogP contribution < -0.4 is 5.56 Å². The van der Waals surface area contributed by atoms with Crippen LogP contribution in [-0.4, -0.2) is 15.0 Å². The van der Waals surface area contributed by atoms with Crippen molar-refractivity contribution in [1.82, 2.24) is 15.0 Å². The number of aromatic nitrogens is 3. The summed E-state index contributed by atoms with van der Waals surface area (Å²) in [5.41, 5.74) is 4.83. The van der Waals surface area contributed by atoms with Crippen LogP contribution in [0.4, 0.5) is 0 Å². The summed E-state index contributed by atoms with van der Waals surface area (Å²) in [6, 6.07) is 20.3. The molecule has 0 unspecified atom stereocenters. The average Bonchev–Trinajstić information content (AvgIpc) is 3.18. The minimum absolute atomic E-state index is 0.0564. The van der Waals surface area contributed by atoms with Crippen molar-refractivity contribution in [3.63, 3.8) is 0 Å². The van der Waals surface area contributed by atoms with Gasteiger partial charge >= 0.3 is 0 Å². The Bertz CT molecular complexity index is 1510. The molecule has 0 amide bonds. The van der Waals surface area contributed by atoms with E-state index >= 15 is 0 Å². The Balaban J connectivity index is 1.89. The fraction of sp³-hybridized carbons (Fsp3) is 0. The number of pyridine rings is 1. The van der Waals surface area contributed by atoms with Gasteiger partial charge in [0.1, 0.15) is 0 Å². The van der Waals surface area contributed by atoms with Gasteiger partial charge in [-0.3, -0.25) is 4.79 Å². The minimum atomic E-state index is -0.0564. The van der Waals surface area contributed by atoms with Crippen LogP contribution in [0.2, 0.25) is 0 Å². The maximum Gasteiger partial charge on any atom is 0.258 e. The molecule has 0 fully saturated rings. The van der Waals surface area contributed by atoms with Crippen molar-refractivity contribution in [3.8, 4) is 0 Å². The second kappa shape index (κ2) is 4.30. The van der Waals surface area contributed by atoms with Gasteiger partial charge in [0.05, 0.1) is 16.4 Å². The highest BCUT2D eigenvalue weighted by Crippen LogP contribution is 2.33. The summed E-state index contributed by atoms with van der Waals surface area (Å²) in [5, 5.41) is 5.02. The first-order valence-corrected chi connectivity index (χ1v) is 8.26. The van der Waals surface area contributed by atoms with Gasteiger partial charge in [-0.05, 0) is 24.3 Å². The van der Waals surface area contributed by atoms with Crippen molar-refractivity contribution in [2.24, 2.45) is 0 Å². The standard InChI is InChI=1S/C21H13N3O/c25-21-19-14-9-13-11-5-1-3-7-15(11)22-17(13)10-18(14)23-20(19)12-6-2-4-8-16(12)24-21/h1-10,22-23H,(H,24,25). The van der Waals surface area contributed by atoms with E-state index in [4.69, 9.17) is 0 Å². The Morgan fingerprint density at radius 3 is 2.08 bits per heavy atom. The Morgan fingerprint density at radius 2 is 1.24 bits per heavy atom. The quantitative estimate of drug-likeness (QED) is 0.369. The molecular formula is C21H13N3O. The van der Waals surface area contributed by atoms with Crippen LogP contribution in [0.5, 0.6) is 0 Å².